The first-order valence-corrected chi connectivity index (χ1v) is 5.90. The lowest BCUT2D eigenvalue weighted by Gasteiger charge is -2.22. The zero-order chi connectivity index (χ0) is 13.8. The predicted octanol–water partition coefficient (Wildman–Crippen LogP) is -1.37. The van der Waals surface area contributed by atoms with Crippen LogP contribution in [0.4, 0.5) is 5.82 Å². The summed E-state index contributed by atoms with van der Waals surface area (Å²) in [5, 5.41) is 17.7. The molecule has 8 nitrogen and oxygen atoms in total. The maximum Gasteiger partial charge on any atom is 0.267 e. The second kappa shape index (κ2) is 5.61. The summed E-state index contributed by atoms with van der Waals surface area (Å²) < 4.78 is 1.06. The van der Waals surface area contributed by atoms with Crippen molar-refractivity contribution < 1.29 is 14.7 Å². The van der Waals surface area contributed by atoms with E-state index in [0.29, 0.717) is 12.4 Å². The Kier molecular flexibility index (Phi) is 3.91. The van der Waals surface area contributed by atoms with E-state index in [-0.39, 0.29) is 25.4 Å². The second-order valence-electron chi connectivity index (χ2n) is 4.12. The van der Waals surface area contributed by atoms with E-state index in [1.807, 2.05) is 0 Å². The summed E-state index contributed by atoms with van der Waals surface area (Å²) in [5.74, 6) is -0.479. The molecule has 1 aliphatic heterocycles. The van der Waals surface area contributed by atoms with Gasteiger partial charge < -0.3 is 10.4 Å². The van der Waals surface area contributed by atoms with Gasteiger partial charge in [-0.2, -0.15) is 5.10 Å². The Bertz CT molecular complexity index is 554. The van der Waals surface area contributed by atoms with Gasteiger partial charge in [-0.05, 0) is 12.5 Å². The Morgan fingerprint density at radius 3 is 2.89 bits per heavy atom. The third kappa shape index (κ3) is 2.97. The maximum absolute atomic E-state index is 11.7. The lowest BCUT2D eigenvalue weighted by atomic mass is 10.1. The second-order valence-corrected chi connectivity index (χ2v) is 4.12. The summed E-state index contributed by atoms with van der Waals surface area (Å²) in [7, 11) is 0. The molecule has 0 aliphatic carbocycles. The van der Waals surface area contributed by atoms with Crippen molar-refractivity contribution in [3.63, 3.8) is 0 Å². The Labute approximate surface area is 108 Å². The van der Waals surface area contributed by atoms with E-state index in [0.717, 1.165) is 4.68 Å². The molecule has 102 valence electrons. The van der Waals surface area contributed by atoms with Crippen molar-refractivity contribution in [2.24, 2.45) is 0 Å². The van der Waals surface area contributed by atoms with Crippen molar-refractivity contribution in [2.75, 3.05) is 18.5 Å². The highest BCUT2D eigenvalue weighted by molar-refractivity contribution is 5.99. The van der Waals surface area contributed by atoms with Crippen molar-refractivity contribution >= 4 is 17.6 Å². The summed E-state index contributed by atoms with van der Waals surface area (Å²) in [4.78, 5) is 34.5. The number of nitrogens with one attached hydrogen (secondary N) is 2. The quantitative estimate of drug-likeness (QED) is 0.579. The molecule has 0 bridgehead atoms. The topological polar surface area (TPSA) is 113 Å². The highest BCUT2D eigenvalue weighted by Crippen LogP contribution is 2.16. The molecule has 0 spiro atoms. The van der Waals surface area contributed by atoms with Gasteiger partial charge in [-0.3, -0.25) is 19.7 Å². The molecule has 1 saturated heterocycles. The highest BCUT2D eigenvalue weighted by Gasteiger charge is 2.29. The molecule has 1 fully saturated rings. The molecule has 0 saturated carbocycles. The van der Waals surface area contributed by atoms with Gasteiger partial charge in [-0.1, -0.05) is 0 Å². The Morgan fingerprint density at radius 1 is 1.42 bits per heavy atom. The molecule has 3 N–H and O–H groups in total. The number of piperidine rings is 1. The molecule has 8 heteroatoms. The van der Waals surface area contributed by atoms with Crippen molar-refractivity contribution in [2.45, 2.75) is 18.9 Å². The molecule has 2 rings (SSSR count). The molecule has 1 unspecified atom stereocenters. The van der Waals surface area contributed by atoms with E-state index >= 15 is 0 Å². The number of hydrogen-bond donors (Lipinski definition) is 3. The molecule has 1 aromatic heterocycles. The van der Waals surface area contributed by atoms with Crippen LogP contribution < -0.4 is 16.2 Å². The Morgan fingerprint density at radius 2 is 2.21 bits per heavy atom. The summed E-state index contributed by atoms with van der Waals surface area (Å²) in [6, 6.07) is 1.98. The third-order valence-corrected chi connectivity index (χ3v) is 2.75. The van der Waals surface area contributed by atoms with Crippen LogP contribution in [0, 0.1) is 0 Å². The standard InChI is InChI=1S/C11H14N4O4/c16-6-5-12-8-2-4-10(18)15(14-8)7-1-3-9(17)13-11(7)19/h2,4,7,16H,1,3,5-6H2,(H,12,14)(H,13,17,19). The molecule has 1 aliphatic rings. The van der Waals surface area contributed by atoms with E-state index in [2.05, 4.69) is 15.7 Å². The van der Waals surface area contributed by atoms with Crippen LogP contribution in [0.3, 0.4) is 0 Å². The SMILES string of the molecule is O=C1CCC(n2nc(NCCO)ccc2=O)C(=O)N1. The van der Waals surface area contributed by atoms with Crippen LogP contribution in [0.15, 0.2) is 16.9 Å². The summed E-state index contributed by atoms with van der Waals surface area (Å²) in [6.45, 7) is 0.222. The van der Waals surface area contributed by atoms with Gasteiger partial charge in [0.15, 0.2) is 0 Å². The molecule has 1 atom stereocenters. The van der Waals surface area contributed by atoms with Gasteiger partial charge in [-0.25, -0.2) is 4.68 Å². The van der Waals surface area contributed by atoms with Crippen LogP contribution in [-0.4, -0.2) is 39.9 Å². The number of carbonyl (C=O) groups excluding carboxylic acids is 2. The minimum Gasteiger partial charge on any atom is -0.395 e. The average Bonchev–Trinajstić information content (AvgIpc) is 2.38. The van der Waals surface area contributed by atoms with Gasteiger partial charge in [-0.15, -0.1) is 0 Å². The van der Waals surface area contributed by atoms with Crippen LogP contribution >= 0.6 is 0 Å². The first-order valence-electron chi connectivity index (χ1n) is 5.90. The summed E-state index contributed by atoms with van der Waals surface area (Å²) >= 11 is 0. The Hall–Kier alpha value is -2.22. The van der Waals surface area contributed by atoms with Crippen LogP contribution in [-0.2, 0) is 9.59 Å². The van der Waals surface area contributed by atoms with Gasteiger partial charge in [0, 0.05) is 19.0 Å². The van der Waals surface area contributed by atoms with Crippen LogP contribution in [0.5, 0.6) is 0 Å². The Balaban J connectivity index is 2.25. The zero-order valence-corrected chi connectivity index (χ0v) is 10.1. The van der Waals surface area contributed by atoms with Gasteiger partial charge in [0.2, 0.25) is 5.91 Å². The fourth-order valence-corrected chi connectivity index (χ4v) is 1.84. The van der Waals surface area contributed by atoms with Gasteiger partial charge >= 0.3 is 0 Å². The van der Waals surface area contributed by atoms with Gasteiger partial charge in [0.1, 0.15) is 11.9 Å². The number of anilines is 1. The fourth-order valence-electron chi connectivity index (χ4n) is 1.84. The van der Waals surface area contributed by atoms with Gasteiger partial charge in [0.05, 0.1) is 6.61 Å². The normalized spacial score (nSPS) is 19.1. The zero-order valence-electron chi connectivity index (χ0n) is 10.1. The molecule has 0 radical (unpaired) electrons. The largest absolute Gasteiger partial charge is 0.395 e. The number of carbonyl (C=O) groups is 2. The van der Waals surface area contributed by atoms with E-state index in [9.17, 15) is 14.4 Å². The molecule has 19 heavy (non-hydrogen) atoms. The molecular formula is C11H14N4O4. The number of aliphatic hydroxyl groups is 1. The highest BCUT2D eigenvalue weighted by atomic mass is 16.3. The number of amides is 2. The molecule has 0 aromatic carbocycles. The van der Waals surface area contributed by atoms with Crippen molar-refractivity contribution in [1.82, 2.24) is 15.1 Å². The van der Waals surface area contributed by atoms with E-state index in [4.69, 9.17) is 5.11 Å². The molecular weight excluding hydrogens is 252 g/mol. The molecule has 2 heterocycles. The smallest absolute Gasteiger partial charge is 0.267 e. The van der Waals surface area contributed by atoms with Crippen LogP contribution in [0.25, 0.3) is 0 Å². The number of nitrogens with zero attached hydrogens (tertiary/aromatic N) is 2. The van der Waals surface area contributed by atoms with E-state index in [1.165, 1.54) is 12.1 Å². The van der Waals surface area contributed by atoms with Crippen molar-refractivity contribution in [3.05, 3.63) is 22.5 Å². The summed E-state index contributed by atoms with van der Waals surface area (Å²) in [6.07, 6.45) is 0.430. The van der Waals surface area contributed by atoms with Crippen LogP contribution in [0.2, 0.25) is 0 Å². The lowest BCUT2D eigenvalue weighted by molar-refractivity contribution is -0.136. The predicted molar refractivity (Wildman–Crippen MR) is 65.5 cm³/mol. The molecule has 1 aromatic rings. The maximum atomic E-state index is 11.7. The third-order valence-electron chi connectivity index (χ3n) is 2.75. The monoisotopic (exact) mass is 266 g/mol. The minimum absolute atomic E-state index is 0.0702. The first kappa shape index (κ1) is 13.2. The van der Waals surface area contributed by atoms with Crippen molar-refractivity contribution in [3.8, 4) is 0 Å². The number of rotatable bonds is 4. The minimum atomic E-state index is -0.777. The van der Waals surface area contributed by atoms with E-state index < -0.39 is 17.5 Å². The number of imide groups is 1. The number of aromatic nitrogens is 2. The number of hydrogen-bond acceptors (Lipinski definition) is 6. The van der Waals surface area contributed by atoms with Gasteiger partial charge in [0.25, 0.3) is 11.5 Å². The first-order chi connectivity index (χ1) is 9.11. The average molecular weight is 266 g/mol. The molecule has 2 amide bonds. The number of aliphatic hydroxyl groups excluding tert-OH is 1. The fraction of sp³-hybridized carbons (Fsp3) is 0.455. The lowest BCUT2D eigenvalue weighted by Crippen LogP contribution is -2.45. The van der Waals surface area contributed by atoms with Crippen LogP contribution in [0.1, 0.15) is 18.9 Å². The van der Waals surface area contributed by atoms with E-state index in [1.54, 1.807) is 0 Å². The summed E-state index contributed by atoms with van der Waals surface area (Å²) in [5.41, 5.74) is -0.413. The van der Waals surface area contributed by atoms with Crippen molar-refractivity contribution in [1.29, 1.82) is 0 Å².